The van der Waals surface area contributed by atoms with Gasteiger partial charge in [0, 0.05) is 6.07 Å². The summed E-state index contributed by atoms with van der Waals surface area (Å²) in [5, 5.41) is 0. The molecule has 3 N–H and O–H groups in total. The number of hydrogen-bond donors (Lipinski definition) is 2. The van der Waals surface area contributed by atoms with Crippen molar-refractivity contribution in [2.75, 3.05) is 17.6 Å². The zero-order chi connectivity index (χ0) is 15.6. The smallest absolute Gasteiger partial charge is 0.267 e. The predicted molar refractivity (Wildman–Crippen MR) is 74.6 cm³/mol. The number of benzene rings is 2. The zero-order valence-corrected chi connectivity index (χ0v) is 11.7. The Morgan fingerprint density at radius 1 is 1.14 bits per heavy atom. The normalized spacial score (nSPS) is 11.2. The molecule has 0 aliphatic carbocycles. The van der Waals surface area contributed by atoms with Gasteiger partial charge in [0.1, 0.15) is 17.4 Å². The Morgan fingerprint density at radius 2 is 1.76 bits per heavy atom. The van der Waals surface area contributed by atoms with E-state index in [1.54, 1.807) is 0 Å². The van der Waals surface area contributed by atoms with Gasteiger partial charge in [-0.2, -0.15) is 0 Å². The fourth-order valence-corrected chi connectivity index (χ4v) is 2.91. The second-order valence-corrected chi connectivity index (χ2v) is 5.73. The minimum Gasteiger partial charge on any atom is -0.495 e. The number of nitrogens with two attached hydrogens (primary N) is 1. The molecule has 0 bridgehead atoms. The molecule has 0 saturated carbocycles. The Hall–Kier alpha value is -2.35. The largest absolute Gasteiger partial charge is 0.495 e. The average molecular weight is 314 g/mol. The molecule has 0 amide bonds. The van der Waals surface area contributed by atoms with Crippen LogP contribution in [0.4, 0.5) is 20.2 Å². The SMILES string of the molecule is COc1cc(NS(=O)(=O)c2c(F)cccc2F)ccc1N. The van der Waals surface area contributed by atoms with Gasteiger partial charge < -0.3 is 10.5 Å². The molecule has 0 saturated heterocycles. The first-order chi connectivity index (χ1) is 9.85. The molecule has 0 radical (unpaired) electrons. The van der Waals surface area contributed by atoms with Crippen molar-refractivity contribution < 1.29 is 21.9 Å². The molecule has 2 aromatic carbocycles. The quantitative estimate of drug-likeness (QED) is 0.849. The predicted octanol–water partition coefficient (Wildman–Crippen LogP) is 2.36. The standard InChI is InChI=1S/C13H12F2N2O3S/c1-20-12-7-8(5-6-11(12)16)17-21(18,19)13-9(14)3-2-4-10(13)15/h2-7,17H,16H2,1H3. The highest BCUT2D eigenvalue weighted by atomic mass is 32.2. The third-order valence-corrected chi connectivity index (χ3v) is 4.11. The number of methoxy groups -OCH3 is 1. The van der Waals surface area contributed by atoms with E-state index in [2.05, 4.69) is 4.72 Å². The highest BCUT2D eigenvalue weighted by molar-refractivity contribution is 7.92. The first-order valence-electron chi connectivity index (χ1n) is 5.75. The summed E-state index contributed by atoms with van der Waals surface area (Å²) < 4.78 is 58.3. The lowest BCUT2D eigenvalue weighted by Gasteiger charge is -2.11. The van der Waals surface area contributed by atoms with E-state index < -0.39 is 26.6 Å². The van der Waals surface area contributed by atoms with Crippen LogP contribution in [0, 0.1) is 11.6 Å². The lowest BCUT2D eigenvalue weighted by atomic mass is 10.2. The number of nitrogens with one attached hydrogen (secondary N) is 1. The van der Waals surface area contributed by atoms with E-state index in [9.17, 15) is 17.2 Å². The molecule has 0 spiro atoms. The number of anilines is 2. The van der Waals surface area contributed by atoms with Gasteiger partial charge in [-0.25, -0.2) is 17.2 Å². The van der Waals surface area contributed by atoms with Crippen LogP contribution in [0.5, 0.6) is 5.75 Å². The molecule has 0 heterocycles. The summed E-state index contributed by atoms with van der Waals surface area (Å²) in [5.74, 6) is -2.11. The van der Waals surface area contributed by atoms with Crippen molar-refractivity contribution in [3.05, 3.63) is 48.0 Å². The minimum absolute atomic E-state index is 0.0729. The molecule has 2 aromatic rings. The Bertz CT molecular complexity index is 759. The summed E-state index contributed by atoms with van der Waals surface area (Å²) >= 11 is 0. The molecule has 0 aliphatic rings. The number of ether oxygens (including phenoxy) is 1. The van der Waals surface area contributed by atoms with Crippen LogP contribution < -0.4 is 15.2 Å². The number of halogens is 2. The number of rotatable bonds is 4. The lowest BCUT2D eigenvalue weighted by Crippen LogP contribution is -2.16. The van der Waals surface area contributed by atoms with Crippen LogP contribution in [-0.2, 0) is 10.0 Å². The van der Waals surface area contributed by atoms with E-state index in [0.29, 0.717) is 5.69 Å². The van der Waals surface area contributed by atoms with Gasteiger partial charge >= 0.3 is 0 Å². The topological polar surface area (TPSA) is 81.4 Å². The Morgan fingerprint density at radius 3 is 2.33 bits per heavy atom. The van der Waals surface area contributed by atoms with Crippen molar-refractivity contribution in [2.24, 2.45) is 0 Å². The van der Waals surface area contributed by atoms with Crippen LogP contribution in [0.3, 0.4) is 0 Å². The monoisotopic (exact) mass is 314 g/mol. The molecule has 5 nitrogen and oxygen atoms in total. The Kier molecular flexibility index (Phi) is 3.99. The molecule has 0 atom stereocenters. The Balaban J connectivity index is 2.43. The molecule has 0 aliphatic heterocycles. The van der Waals surface area contributed by atoms with Crippen LogP contribution in [0.15, 0.2) is 41.3 Å². The molecule has 21 heavy (non-hydrogen) atoms. The first kappa shape index (κ1) is 15.0. The number of nitrogen functional groups attached to an aromatic ring is 1. The van der Waals surface area contributed by atoms with E-state index in [1.165, 1.54) is 25.3 Å². The highest BCUT2D eigenvalue weighted by Crippen LogP contribution is 2.27. The molecular weight excluding hydrogens is 302 g/mol. The van der Waals surface area contributed by atoms with Crippen molar-refractivity contribution in [1.29, 1.82) is 0 Å². The average Bonchev–Trinajstić information content (AvgIpc) is 2.40. The van der Waals surface area contributed by atoms with Gasteiger partial charge in [-0.1, -0.05) is 6.07 Å². The minimum atomic E-state index is -4.41. The molecule has 8 heteroatoms. The van der Waals surface area contributed by atoms with Crippen molar-refractivity contribution in [1.82, 2.24) is 0 Å². The summed E-state index contributed by atoms with van der Waals surface area (Å²) in [6.45, 7) is 0. The summed E-state index contributed by atoms with van der Waals surface area (Å²) in [7, 11) is -3.05. The van der Waals surface area contributed by atoms with Crippen molar-refractivity contribution >= 4 is 21.4 Å². The van der Waals surface area contributed by atoms with Gasteiger partial charge in [-0.05, 0) is 24.3 Å². The van der Waals surface area contributed by atoms with Gasteiger partial charge in [0.15, 0.2) is 4.90 Å². The third-order valence-electron chi connectivity index (χ3n) is 2.67. The maximum absolute atomic E-state index is 13.6. The van der Waals surface area contributed by atoms with Gasteiger partial charge in [0.2, 0.25) is 0 Å². The van der Waals surface area contributed by atoms with Crippen molar-refractivity contribution in [2.45, 2.75) is 4.90 Å². The fourth-order valence-electron chi connectivity index (χ4n) is 1.72. The van der Waals surface area contributed by atoms with Gasteiger partial charge in [-0.15, -0.1) is 0 Å². The Labute approximate surface area is 120 Å². The molecule has 0 fully saturated rings. The van der Waals surface area contributed by atoms with E-state index >= 15 is 0 Å². The second kappa shape index (κ2) is 5.57. The summed E-state index contributed by atoms with van der Waals surface area (Å²) in [6, 6.07) is 6.88. The van der Waals surface area contributed by atoms with Crippen LogP contribution >= 0.6 is 0 Å². The maximum Gasteiger partial charge on any atom is 0.267 e. The molecule has 112 valence electrons. The van der Waals surface area contributed by atoms with Gasteiger partial charge in [0.25, 0.3) is 10.0 Å². The summed E-state index contributed by atoms with van der Waals surface area (Å²) in [6.07, 6.45) is 0. The summed E-state index contributed by atoms with van der Waals surface area (Å²) in [4.78, 5) is -1.04. The molecule has 0 unspecified atom stereocenters. The summed E-state index contributed by atoms with van der Waals surface area (Å²) in [5.41, 5.74) is 5.98. The van der Waals surface area contributed by atoms with Gasteiger partial charge in [0.05, 0.1) is 18.5 Å². The van der Waals surface area contributed by atoms with E-state index in [-0.39, 0.29) is 11.4 Å². The maximum atomic E-state index is 13.6. The number of hydrogen-bond acceptors (Lipinski definition) is 4. The van der Waals surface area contributed by atoms with Crippen LogP contribution in [0.1, 0.15) is 0 Å². The zero-order valence-electron chi connectivity index (χ0n) is 10.9. The van der Waals surface area contributed by atoms with Gasteiger partial charge in [-0.3, -0.25) is 4.72 Å². The van der Waals surface area contributed by atoms with Crippen molar-refractivity contribution in [3.63, 3.8) is 0 Å². The van der Waals surface area contributed by atoms with Crippen LogP contribution in [0.25, 0.3) is 0 Å². The molecule has 2 rings (SSSR count). The molecule has 0 aromatic heterocycles. The lowest BCUT2D eigenvalue weighted by molar-refractivity contribution is 0.417. The van der Waals surface area contributed by atoms with Crippen LogP contribution in [-0.4, -0.2) is 15.5 Å². The third kappa shape index (κ3) is 3.05. The first-order valence-corrected chi connectivity index (χ1v) is 7.24. The van der Waals surface area contributed by atoms with E-state index in [1.807, 2.05) is 0 Å². The highest BCUT2D eigenvalue weighted by Gasteiger charge is 2.24. The van der Waals surface area contributed by atoms with E-state index in [4.69, 9.17) is 10.5 Å². The van der Waals surface area contributed by atoms with Crippen LogP contribution in [0.2, 0.25) is 0 Å². The van der Waals surface area contributed by atoms with E-state index in [0.717, 1.165) is 18.2 Å². The second-order valence-electron chi connectivity index (χ2n) is 4.11. The fraction of sp³-hybridized carbons (Fsp3) is 0.0769. The number of sulfonamides is 1. The van der Waals surface area contributed by atoms with Crippen molar-refractivity contribution in [3.8, 4) is 5.75 Å². The molecular formula is C13H12F2N2O3S.